The van der Waals surface area contributed by atoms with Gasteiger partial charge in [-0.1, -0.05) is 0 Å². The zero-order valence-electron chi connectivity index (χ0n) is 36.3. The van der Waals surface area contributed by atoms with Crippen molar-refractivity contribution in [2.45, 2.75) is 54.8 Å². The van der Waals surface area contributed by atoms with Gasteiger partial charge in [-0.2, -0.15) is 0 Å². The van der Waals surface area contributed by atoms with Gasteiger partial charge in [-0.3, -0.25) is 33.5 Å². The fourth-order valence-corrected chi connectivity index (χ4v) is 7.60. The zero-order chi connectivity index (χ0) is 43.0. The molecule has 9 unspecified atom stereocenters. The van der Waals surface area contributed by atoms with Gasteiger partial charge in [0.2, 0.25) is 89.0 Å². The van der Waals surface area contributed by atoms with Gasteiger partial charge >= 0.3 is 411 Å². The van der Waals surface area contributed by atoms with E-state index in [9.17, 15) is 104 Å². The van der Waals surface area contributed by atoms with Crippen molar-refractivity contribution in [3.63, 3.8) is 0 Å². The Morgan fingerprint density at radius 1 is 0.357 bits per heavy atom. The molecule has 0 amide bonds. The summed E-state index contributed by atoms with van der Waals surface area (Å²) in [5.41, 5.74) is 0. The minimum absolute atomic E-state index is 0. The molecule has 2 fully saturated rings. The molecule has 0 aromatic carbocycles. The van der Waals surface area contributed by atoms with Crippen LogP contribution in [0.25, 0.3) is 0 Å². The van der Waals surface area contributed by atoms with Crippen LogP contribution in [0.4, 0.5) is 0 Å². The Morgan fingerprint density at radius 2 is 0.643 bits per heavy atom. The van der Waals surface area contributed by atoms with Gasteiger partial charge in [0.25, 0.3) is 0 Å². The Bertz CT molecular complexity index is 2320. The topological polar surface area (TPSA) is 780 Å². The van der Waals surface area contributed by atoms with E-state index in [0.717, 1.165) is 0 Å². The van der Waals surface area contributed by atoms with Crippen molar-refractivity contribution in [1.82, 2.24) is 0 Å². The maximum Gasteiger partial charge on any atom is 1.00 e. The molecule has 2 saturated heterocycles. The predicted molar refractivity (Wildman–Crippen MR) is 162 cm³/mol. The third-order valence-corrected chi connectivity index (χ3v) is 9.18. The van der Waals surface area contributed by atoms with Gasteiger partial charge in [-0.05, 0) is 0 Å². The molecule has 14 N–H and O–H groups in total. The monoisotopic (exact) mass is 1410 g/mol. The van der Waals surface area contributed by atoms with Crippen molar-refractivity contribution in [1.29, 1.82) is 0 Å². The van der Waals surface area contributed by atoms with Crippen LogP contribution in [-0.2, 0) is 131 Å². The number of rotatable bonds is 21. The van der Waals surface area contributed by atoms with Crippen molar-refractivity contribution in [2.24, 2.45) is 0 Å². The summed E-state index contributed by atoms with van der Waals surface area (Å²) in [6, 6.07) is 0. The van der Waals surface area contributed by atoms with Gasteiger partial charge in [0, 0.05) is 0 Å². The zero-order valence-corrected chi connectivity index (χ0v) is 67.8. The molecular formula is C12H28K8O42S8. The number of ether oxygens (including phenoxy) is 3. The summed E-state index contributed by atoms with van der Waals surface area (Å²) in [6.45, 7) is -6.74. The van der Waals surface area contributed by atoms with E-state index < -0.39 is 158 Å². The Kier molecular flexibility index (Phi) is 79.0. The molecule has 0 aromatic rings. The van der Waals surface area contributed by atoms with Gasteiger partial charge in [-0.25, -0.2) is 67.3 Å². The smallest absolute Gasteiger partial charge is 0.726 e. The maximum atomic E-state index is 11.7. The average Bonchev–Trinajstić information content (AvgIpc) is 3.15. The van der Waals surface area contributed by atoms with Gasteiger partial charge in [0.15, 0.2) is 18.5 Å². The molecule has 2 heterocycles. The quantitative estimate of drug-likeness (QED) is 0.0585. The van der Waals surface area contributed by atoms with Crippen LogP contribution in [-0.4, -0.2) is 217 Å². The predicted octanol–water partition coefficient (Wildman–Crippen LogP) is -39.3. The standard InChI is InChI=1S/C12H22O35S8.8K.7H2O/c13-48(14,15)37-1-4-6(43-51(22,23)24)8(45-53(28,29)30)9(46-54(31,32)33)11(40-4)42-12(3-39-50(19,20)21)10(47-55(34,35)36)7(44-52(25,26)27)5(41-12)2-38-49(16,17)18;;;;;;;;;;;;;;;/h4-11H,1-3H2,(H,13,14,15)(H,16,17,18)(H,19,20,21)(H,22,23,24)(H,25,26,27)(H,28,29,30)(H,31,32,33)(H,34,35,36);;;;;;;;;7*1H2/q;8*+1;;;;;;;/p-8. The second-order valence-corrected chi connectivity index (χ2v) is 17.7. The molecule has 0 bridgehead atoms. The summed E-state index contributed by atoms with van der Waals surface area (Å²) in [7, 11) is -50.8. The minimum Gasteiger partial charge on any atom is -0.726 e. The first-order valence-electron chi connectivity index (χ1n) is 12.2. The summed E-state index contributed by atoms with van der Waals surface area (Å²) in [5.74, 6) is -4.31. The van der Waals surface area contributed by atoms with Crippen LogP contribution < -0.4 is 411 Å². The molecular weight excluding hydrogens is 1390 g/mol. The van der Waals surface area contributed by atoms with Crippen molar-refractivity contribution >= 4 is 83.2 Å². The first-order chi connectivity index (χ1) is 24.2. The fraction of sp³-hybridized carbons (Fsp3) is 1.00. The molecule has 0 aliphatic carbocycles. The molecule has 0 spiro atoms. The van der Waals surface area contributed by atoms with Crippen molar-refractivity contribution < 1.29 is 601 Å². The third kappa shape index (κ3) is 49.6. The van der Waals surface area contributed by atoms with Crippen LogP contribution in [0.5, 0.6) is 0 Å². The van der Waals surface area contributed by atoms with Crippen molar-refractivity contribution in [2.75, 3.05) is 19.8 Å². The molecule has 2 aliphatic heterocycles. The van der Waals surface area contributed by atoms with E-state index in [1.54, 1.807) is 0 Å². The van der Waals surface area contributed by atoms with E-state index in [1.165, 1.54) is 0 Å². The maximum absolute atomic E-state index is 11.7. The van der Waals surface area contributed by atoms with Gasteiger partial charge in [-0.15, -0.1) is 0 Å². The van der Waals surface area contributed by atoms with Crippen LogP contribution in [0.15, 0.2) is 0 Å². The average molecular weight is 1410 g/mol. The second kappa shape index (κ2) is 47.6. The van der Waals surface area contributed by atoms with E-state index >= 15 is 0 Å². The Balaban J connectivity index is -0.000000174. The Hall–Kier alpha value is 11.7. The van der Waals surface area contributed by atoms with E-state index in [-0.39, 0.29) is 449 Å². The SMILES string of the molecule is O.O.O.O.O.O.O.O=S(=O)([O-])OCC1OC(OC2(COS(=O)(=O)[O-])OC(COS(=O)(=O)[O-])C(OS(=O)(=O)[O-])C2OS(=O)(=O)[O-])C(OS(=O)(=O)[O-])C(OS(=O)(=O)[O-])C1OS(=O)(=O)[O-].[K+].[K+].[K+].[K+].[K+].[K+].[K+].[K+]. The van der Waals surface area contributed by atoms with Crippen LogP contribution in [0.2, 0.25) is 0 Å². The first kappa shape index (κ1) is 116. The summed E-state index contributed by atoms with van der Waals surface area (Å²) in [6.07, 6.45) is -27.5. The number of hydrogen-bond acceptors (Lipinski definition) is 35. The largest absolute Gasteiger partial charge is 1.00 e. The summed E-state index contributed by atoms with van der Waals surface area (Å²) >= 11 is 0. The van der Waals surface area contributed by atoms with Crippen LogP contribution in [0.1, 0.15) is 0 Å². The van der Waals surface area contributed by atoms with Gasteiger partial charge < -0.3 is 89.0 Å². The van der Waals surface area contributed by atoms with Crippen LogP contribution >= 0.6 is 0 Å². The van der Waals surface area contributed by atoms with Crippen molar-refractivity contribution in [3.05, 3.63) is 0 Å². The van der Waals surface area contributed by atoms with Gasteiger partial charge in [0.1, 0.15) is 37.1 Å². The molecule has 384 valence electrons. The van der Waals surface area contributed by atoms with E-state index in [0.29, 0.717) is 0 Å². The second-order valence-electron chi connectivity index (χ2n) is 9.49. The normalized spacial score (nSPS) is 24.1. The van der Waals surface area contributed by atoms with Crippen LogP contribution in [0.3, 0.4) is 0 Å². The molecule has 0 radical (unpaired) electrons. The van der Waals surface area contributed by atoms with E-state index in [2.05, 4.69) is 33.5 Å². The first-order valence-corrected chi connectivity index (χ1v) is 22.9. The Labute approximate surface area is 737 Å². The minimum atomic E-state index is -6.58. The summed E-state index contributed by atoms with van der Waals surface area (Å²) in [4.78, 5) is 0. The molecule has 70 heavy (non-hydrogen) atoms. The molecule has 2 aliphatic rings. The van der Waals surface area contributed by atoms with Gasteiger partial charge in [0.05, 0.1) is 13.2 Å². The summed E-state index contributed by atoms with van der Waals surface area (Å²) < 4.78 is 320. The third-order valence-electron chi connectivity index (χ3n) is 5.65. The molecule has 2 rings (SSSR count). The van der Waals surface area contributed by atoms with E-state index in [4.69, 9.17) is 14.2 Å². The Morgan fingerprint density at radius 3 is 0.957 bits per heavy atom. The summed E-state index contributed by atoms with van der Waals surface area (Å²) in [5, 5.41) is 0. The van der Waals surface area contributed by atoms with Crippen molar-refractivity contribution in [3.8, 4) is 0 Å². The molecule has 0 aromatic heterocycles. The molecule has 0 saturated carbocycles. The molecule has 58 heteroatoms. The van der Waals surface area contributed by atoms with E-state index in [1.807, 2.05) is 0 Å². The fourth-order valence-electron chi connectivity index (χ4n) is 4.21. The molecule has 42 nitrogen and oxygen atoms in total. The van der Waals surface area contributed by atoms with Crippen LogP contribution in [0, 0.1) is 0 Å². The molecule has 9 atom stereocenters. The number of hydrogen-bond donors (Lipinski definition) is 0.